The molecule has 1 saturated heterocycles. The first-order valence-electron chi connectivity index (χ1n) is 9.53. The number of morpholine rings is 1. The monoisotopic (exact) mass is 468 g/mol. The number of hydrogen-bond acceptors (Lipinski definition) is 7. The minimum atomic E-state index is -3.68. The fraction of sp³-hybridized carbons (Fsp3) is 0.350. The van der Waals surface area contributed by atoms with E-state index in [0.29, 0.717) is 24.7 Å². The molecule has 0 aromatic heterocycles. The van der Waals surface area contributed by atoms with Crippen molar-refractivity contribution >= 4 is 31.5 Å². The zero-order valence-corrected chi connectivity index (χ0v) is 18.8. The molecule has 0 spiro atoms. The van der Waals surface area contributed by atoms with Crippen molar-refractivity contribution in [2.45, 2.75) is 22.8 Å². The molecule has 0 aliphatic carbocycles. The van der Waals surface area contributed by atoms with Crippen molar-refractivity contribution in [3.63, 3.8) is 0 Å². The highest BCUT2D eigenvalue weighted by Crippen LogP contribution is 2.21. The van der Waals surface area contributed by atoms with Crippen LogP contribution in [-0.2, 0) is 29.4 Å². The number of hydrogen-bond donors (Lipinski definition) is 1. The van der Waals surface area contributed by atoms with Crippen molar-refractivity contribution in [3.05, 3.63) is 48.5 Å². The number of amides is 1. The number of sulfonamides is 1. The van der Waals surface area contributed by atoms with Crippen molar-refractivity contribution in [3.8, 4) is 5.75 Å². The Morgan fingerprint density at radius 3 is 2.29 bits per heavy atom. The first-order valence-corrected chi connectivity index (χ1v) is 12.9. The summed E-state index contributed by atoms with van der Waals surface area (Å²) in [7, 11) is -7.01. The summed E-state index contributed by atoms with van der Waals surface area (Å²) in [6.07, 6.45) is 0.204. The van der Waals surface area contributed by atoms with E-state index in [4.69, 9.17) is 9.47 Å². The first kappa shape index (κ1) is 23.2. The van der Waals surface area contributed by atoms with E-state index in [0.717, 1.165) is 6.26 Å². The Labute approximate surface area is 181 Å². The lowest BCUT2D eigenvalue weighted by atomic mass is 10.3. The van der Waals surface area contributed by atoms with Crippen LogP contribution < -0.4 is 10.1 Å². The summed E-state index contributed by atoms with van der Waals surface area (Å²) in [4.78, 5) is 12.7. The van der Waals surface area contributed by atoms with Gasteiger partial charge in [0, 0.05) is 25.0 Å². The van der Waals surface area contributed by atoms with E-state index in [9.17, 15) is 21.6 Å². The summed E-state index contributed by atoms with van der Waals surface area (Å²) in [6.45, 7) is 2.78. The fourth-order valence-electron chi connectivity index (χ4n) is 2.94. The number of rotatable bonds is 7. The standard InChI is InChI=1S/C20H24N2O7S2/c1-15(29-17-6-8-18(9-7-17)30(2,24)25)20(23)21-16-4-3-5-19(14-16)31(26,27)22-10-12-28-13-11-22/h3-9,14-15H,10-13H2,1-2H3,(H,21,23). The van der Waals surface area contributed by atoms with Gasteiger partial charge in [-0.15, -0.1) is 0 Å². The highest BCUT2D eigenvalue weighted by atomic mass is 32.2. The van der Waals surface area contributed by atoms with E-state index < -0.39 is 31.9 Å². The minimum absolute atomic E-state index is 0.0807. The molecule has 2 aromatic rings. The zero-order chi connectivity index (χ0) is 22.6. The zero-order valence-electron chi connectivity index (χ0n) is 17.1. The van der Waals surface area contributed by atoms with E-state index in [1.165, 1.54) is 47.6 Å². The number of ether oxygens (including phenoxy) is 2. The Morgan fingerprint density at radius 1 is 1.03 bits per heavy atom. The van der Waals surface area contributed by atoms with Crippen molar-refractivity contribution in [2.75, 3.05) is 37.9 Å². The SMILES string of the molecule is CC(Oc1ccc(S(C)(=O)=O)cc1)C(=O)Nc1cccc(S(=O)(=O)N2CCOCC2)c1. The third-order valence-corrected chi connectivity index (χ3v) is 7.67. The molecular formula is C20H24N2O7S2. The largest absolute Gasteiger partial charge is 0.481 e. The molecule has 11 heteroatoms. The Bertz CT molecular complexity index is 1140. The second kappa shape index (κ2) is 9.35. The third kappa shape index (κ3) is 5.82. The van der Waals surface area contributed by atoms with E-state index >= 15 is 0 Å². The maximum Gasteiger partial charge on any atom is 0.265 e. The van der Waals surface area contributed by atoms with Crippen LogP contribution in [0.4, 0.5) is 5.69 Å². The topological polar surface area (TPSA) is 119 Å². The predicted octanol–water partition coefficient (Wildman–Crippen LogP) is 1.52. The van der Waals surface area contributed by atoms with Crippen molar-refractivity contribution < 1.29 is 31.1 Å². The van der Waals surface area contributed by atoms with Gasteiger partial charge >= 0.3 is 0 Å². The second-order valence-corrected chi connectivity index (χ2v) is 11.0. The quantitative estimate of drug-likeness (QED) is 0.654. The van der Waals surface area contributed by atoms with Crippen LogP contribution in [0, 0.1) is 0 Å². The smallest absolute Gasteiger partial charge is 0.265 e. The summed E-state index contributed by atoms with van der Waals surface area (Å²) in [5, 5.41) is 2.65. The predicted molar refractivity (Wildman–Crippen MR) is 114 cm³/mol. The molecule has 1 heterocycles. The molecule has 31 heavy (non-hydrogen) atoms. The van der Waals surface area contributed by atoms with Crippen LogP contribution in [0.2, 0.25) is 0 Å². The van der Waals surface area contributed by atoms with Gasteiger partial charge in [-0.3, -0.25) is 4.79 Å². The van der Waals surface area contributed by atoms with E-state index in [-0.39, 0.29) is 22.9 Å². The lowest BCUT2D eigenvalue weighted by Gasteiger charge is -2.26. The van der Waals surface area contributed by atoms with Crippen LogP contribution in [0.3, 0.4) is 0 Å². The lowest BCUT2D eigenvalue weighted by molar-refractivity contribution is -0.122. The molecule has 1 unspecified atom stereocenters. The normalized spacial score (nSPS) is 16.5. The molecular weight excluding hydrogens is 444 g/mol. The molecule has 9 nitrogen and oxygen atoms in total. The molecule has 1 fully saturated rings. The first-order chi connectivity index (χ1) is 14.6. The summed E-state index contributed by atoms with van der Waals surface area (Å²) in [6, 6.07) is 11.7. The molecule has 3 rings (SSSR count). The van der Waals surface area contributed by atoms with Gasteiger partial charge < -0.3 is 14.8 Å². The number of carbonyl (C=O) groups excluding carboxylic acids is 1. The fourth-order valence-corrected chi connectivity index (χ4v) is 5.02. The molecule has 1 N–H and O–H groups in total. The van der Waals surface area contributed by atoms with Crippen molar-refractivity contribution in [1.29, 1.82) is 0 Å². The maximum absolute atomic E-state index is 12.8. The van der Waals surface area contributed by atoms with Gasteiger partial charge in [0.1, 0.15) is 5.75 Å². The minimum Gasteiger partial charge on any atom is -0.481 e. The van der Waals surface area contributed by atoms with Crippen LogP contribution in [0.1, 0.15) is 6.92 Å². The van der Waals surface area contributed by atoms with Crippen LogP contribution in [-0.4, -0.2) is 65.7 Å². The van der Waals surface area contributed by atoms with Crippen molar-refractivity contribution in [2.24, 2.45) is 0 Å². The van der Waals surface area contributed by atoms with E-state index in [1.807, 2.05) is 0 Å². The highest BCUT2D eigenvalue weighted by molar-refractivity contribution is 7.90. The van der Waals surface area contributed by atoms with Crippen LogP contribution in [0.25, 0.3) is 0 Å². The van der Waals surface area contributed by atoms with Gasteiger partial charge in [-0.2, -0.15) is 4.31 Å². The number of carbonyl (C=O) groups is 1. The molecule has 1 amide bonds. The summed E-state index contributed by atoms with van der Waals surface area (Å²) in [5.41, 5.74) is 0.321. The highest BCUT2D eigenvalue weighted by Gasteiger charge is 2.26. The Morgan fingerprint density at radius 2 is 1.68 bits per heavy atom. The van der Waals surface area contributed by atoms with E-state index in [2.05, 4.69) is 5.32 Å². The average Bonchev–Trinajstić information content (AvgIpc) is 2.74. The van der Waals surface area contributed by atoms with E-state index in [1.54, 1.807) is 12.1 Å². The molecule has 0 radical (unpaired) electrons. The molecule has 0 saturated carbocycles. The number of nitrogens with one attached hydrogen (secondary N) is 1. The lowest BCUT2D eigenvalue weighted by Crippen LogP contribution is -2.40. The van der Waals surface area contributed by atoms with Crippen LogP contribution in [0.5, 0.6) is 5.75 Å². The van der Waals surface area contributed by atoms with Gasteiger partial charge in [-0.1, -0.05) is 6.07 Å². The van der Waals surface area contributed by atoms with Gasteiger partial charge in [-0.25, -0.2) is 16.8 Å². The summed E-state index contributed by atoms with van der Waals surface area (Å²) >= 11 is 0. The van der Waals surface area contributed by atoms with Gasteiger partial charge in [0.2, 0.25) is 10.0 Å². The van der Waals surface area contributed by atoms with Gasteiger partial charge in [0.05, 0.1) is 23.0 Å². The molecule has 1 aliphatic rings. The van der Waals surface area contributed by atoms with Crippen LogP contribution >= 0.6 is 0 Å². The Kier molecular flexibility index (Phi) is 6.99. The third-order valence-electron chi connectivity index (χ3n) is 4.64. The van der Waals surface area contributed by atoms with Gasteiger partial charge in [0.25, 0.3) is 5.91 Å². The summed E-state index contributed by atoms with van der Waals surface area (Å²) in [5.74, 6) is -0.146. The van der Waals surface area contributed by atoms with Crippen LogP contribution in [0.15, 0.2) is 58.3 Å². The molecule has 168 valence electrons. The van der Waals surface area contributed by atoms with Crippen molar-refractivity contribution in [1.82, 2.24) is 4.31 Å². The average molecular weight is 469 g/mol. The Hall–Kier alpha value is -2.47. The summed E-state index contributed by atoms with van der Waals surface area (Å²) < 4.78 is 60.7. The maximum atomic E-state index is 12.8. The molecule has 0 bridgehead atoms. The van der Waals surface area contributed by atoms with Gasteiger partial charge in [-0.05, 0) is 49.4 Å². The number of sulfone groups is 1. The molecule has 2 aromatic carbocycles. The Balaban J connectivity index is 1.67. The molecule has 1 aliphatic heterocycles. The number of nitrogens with zero attached hydrogens (tertiary/aromatic N) is 1. The van der Waals surface area contributed by atoms with Gasteiger partial charge in [0.15, 0.2) is 15.9 Å². The molecule has 1 atom stereocenters. The second-order valence-electron chi connectivity index (χ2n) is 7.04. The number of anilines is 1. The number of benzene rings is 2.